The molecule has 1 atom stereocenters. The van der Waals surface area contributed by atoms with Crippen molar-refractivity contribution in [1.29, 1.82) is 0 Å². The predicted octanol–water partition coefficient (Wildman–Crippen LogP) is 3.58. The summed E-state index contributed by atoms with van der Waals surface area (Å²) in [7, 11) is 0. The van der Waals surface area contributed by atoms with Gasteiger partial charge in [0.2, 0.25) is 0 Å². The van der Waals surface area contributed by atoms with E-state index < -0.39 is 0 Å². The molecule has 16 heavy (non-hydrogen) atoms. The van der Waals surface area contributed by atoms with Crippen LogP contribution in [-0.4, -0.2) is 9.97 Å². The molecule has 1 aliphatic rings. The van der Waals surface area contributed by atoms with E-state index in [0.717, 1.165) is 16.7 Å². The molecule has 3 rings (SSSR count). The van der Waals surface area contributed by atoms with Gasteiger partial charge in [-0.05, 0) is 33.5 Å². The van der Waals surface area contributed by atoms with Crippen LogP contribution in [0.4, 0.5) is 0 Å². The highest BCUT2D eigenvalue weighted by Crippen LogP contribution is 2.38. The van der Waals surface area contributed by atoms with Crippen molar-refractivity contribution < 1.29 is 0 Å². The van der Waals surface area contributed by atoms with Crippen LogP contribution < -0.4 is 0 Å². The molecule has 0 aliphatic heterocycles. The maximum Gasteiger partial charge on any atom is 0.146 e. The van der Waals surface area contributed by atoms with Gasteiger partial charge in [-0.1, -0.05) is 35.9 Å². The maximum atomic E-state index is 5.97. The van der Waals surface area contributed by atoms with E-state index in [2.05, 4.69) is 44.1 Å². The second-order valence-corrected chi connectivity index (χ2v) is 5.03. The summed E-state index contributed by atoms with van der Waals surface area (Å²) in [6, 6.07) is 8.38. The molecule has 4 heteroatoms. The van der Waals surface area contributed by atoms with Crippen molar-refractivity contribution >= 4 is 27.5 Å². The molecular weight excluding hydrogens is 288 g/mol. The van der Waals surface area contributed by atoms with Crippen LogP contribution in [0.3, 0.4) is 0 Å². The summed E-state index contributed by atoms with van der Waals surface area (Å²) in [5.74, 6) is 1.12. The molecule has 1 unspecified atom stereocenters. The van der Waals surface area contributed by atoms with Gasteiger partial charge in [0.15, 0.2) is 0 Å². The number of nitrogens with zero attached hydrogens (tertiary/aromatic N) is 2. The summed E-state index contributed by atoms with van der Waals surface area (Å²) in [5.41, 5.74) is 2.70. The zero-order chi connectivity index (χ0) is 11.1. The lowest BCUT2D eigenvalue weighted by Gasteiger charge is -2.28. The fraction of sp³-hybridized carbons (Fsp3) is 0.167. The van der Waals surface area contributed by atoms with Gasteiger partial charge in [0.1, 0.15) is 11.0 Å². The van der Waals surface area contributed by atoms with Crippen molar-refractivity contribution in [3.63, 3.8) is 0 Å². The third-order valence-corrected chi connectivity index (χ3v) is 3.98. The monoisotopic (exact) mass is 294 g/mol. The van der Waals surface area contributed by atoms with Gasteiger partial charge in [-0.2, -0.15) is 0 Å². The third kappa shape index (κ3) is 1.55. The maximum absolute atomic E-state index is 5.97. The molecule has 0 bridgehead atoms. The number of benzene rings is 1. The molecular formula is C12H8BrClN2. The Morgan fingerprint density at radius 3 is 2.88 bits per heavy atom. The van der Waals surface area contributed by atoms with Gasteiger partial charge in [0.25, 0.3) is 0 Å². The summed E-state index contributed by atoms with van der Waals surface area (Å²) in [4.78, 5) is 8.62. The molecule has 1 aromatic carbocycles. The van der Waals surface area contributed by atoms with Crippen LogP contribution in [0.1, 0.15) is 22.9 Å². The summed E-state index contributed by atoms with van der Waals surface area (Å²) >= 11 is 9.26. The largest absolute Gasteiger partial charge is 0.239 e. The van der Waals surface area contributed by atoms with Crippen LogP contribution in [0.5, 0.6) is 0 Å². The van der Waals surface area contributed by atoms with Gasteiger partial charge in [-0.15, -0.1) is 0 Å². The number of hydrogen-bond donors (Lipinski definition) is 0. The lowest BCUT2D eigenvalue weighted by Crippen LogP contribution is -2.20. The molecule has 2 aromatic rings. The Morgan fingerprint density at radius 2 is 2.12 bits per heavy atom. The normalized spacial score (nSPS) is 17.8. The number of halogens is 2. The second-order valence-electron chi connectivity index (χ2n) is 3.82. The molecule has 0 spiro atoms. The van der Waals surface area contributed by atoms with Crippen LogP contribution in [0, 0.1) is 0 Å². The van der Waals surface area contributed by atoms with Crippen molar-refractivity contribution in [3.05, 3.63) is 57.0 Å². The first-order valence-electron chi connectivity index (χ1n) is 5.01. The highest BCUT2D eigenvalue weighted by Gasteiger charge is 2.29. The van der Waals surface area contributed by atoms with E-state index in [1.807, 2.05) is 6.07 Å². The SMILES string of the molecule is Clc1nc(C2Cc3ccccc32)ncc1Br. The lowest BCUT2D eigenvalue weighted by molar-refractivity contribution is 0.659. The summed E-state index contributed by atoms with van der Waals surface area (Å²) in [5, 5.41) is 0.481. The van der Waals surface area contributed by atoms with E-state index in [1.165, 1.54) is 11.1 Å². The van der Waals surface area contributed by atoms with E-state index in [0.29, 0.717) is 11.1 Å². The molecule has 0 saturated heterocycles. The molecule has 0 saturated carbocycles. The van der Waals surface area contributed by atoms with Crippen LogP contribution >= 0.6 is 27.5 Å². The molecule has 1 aliphatic carbocycles. The molecule has 1 heterocycles. The molecule has 1 aromatic heterocycles. The van der Waals surface area contributed by atoms with Crippen molar-refractivity contribution in [3.8, 4) is 0 Å². The molecule has 2 nitrogen and oxygen atoms in total. The van der Waals surface area contributed by atoms with Gasteiger partial charge in [-0.25, -0.2) is 9.97 Å². The standard InChI is InChI=1S/C12H8BrClN2/c13-10-6-15-12(16-11(10)14)9-5-7-3-1-2-4-8(7)9/h1-4,6,9H,5H2. The summed E-state index contributed by atoms with van der Waals surface area (Å²) in [6.45, 7) is 0. The van der Waals surface area contributed by atoms with Gasteiger partial charge in [-0.3, -0.25) is 0 Å². The van der Waals surface area contributed by atoms with E-state index in [9.17, 15) is 0 Å². The Morgan fingerprint density at radius 1 is 1.31 bits per heavy atom. The Balaban J connectivity index is 1.99. The Labute approximate surface area is 107 Å². The van der Waals surface area contributed by atoms with E-state index in [-0.39, 0.29) is 0 Å². The van der Waals surface area contributed by atoms with E-state index >= 15 is 0 Å². The molecule has 0 amide bonds. The quantitative estimate of drug-likeness (QED) is 0.752. The van der Waals surface area contributed by atoms with Crippen molar-refractivity contribution in [2.45, 2.75) is 12.3 Å². The van der Waals surface area contributed by atoms with E-state index in [4.69, 9.17) is 11.6 Å². The van der Waals surface area contributed by atoms with Crippen molar-refractivity contribution in [2.24, 2.45) is 0 Å². The first-order valence-corrected chi connectivity index (χ1v) is 6.18. The molecule has 0 N–H and O–H groups in total. The number of hydrogen-bond acceptors (Lipinski definition) is 2. The highest BCUT2D eigenvalue weighted by atomic mass is 79.9. The third-order valence-electron chi connectivity index (χ3n) is 2.89. The molecule has 80 valence electrons. The topological polar surface area (TPSA) is 25.8 Å². The average molecular weight is 296 g/mol. The average Bonchev–Trinajstić information content (AvgIpc) is 2.25. The second kappa shape index (κ2) is 3.82. The minimum Gasteiger partial charge on any atom is -0.239 e. The molecule has 0 fully saturated rings. The number of fused-ring (bicyclic) bond motifs is 1. The fourth-order valence-electron chi connectivity index (χ4n) is 2.02. The van der Waals surface area contributed by atoms with Gasteiger partial charge in [0, 0.05) is 12.1 Å². The first kappa shape index (κ1) is 10.2. The Hall–Kier alpha value is -0.930. The van der Waals surface area contributed by atoms with Crippen LogP contribution in [-0.2, 0) is 6.42 Å². The number of aromatic nitrogens is 2. The van der Waals surface area contributed by atoms with Gasteiger partial charge >= 0.3 is 0 Å². The van der Waals surface area contributed by atoms with Crippen molar-refractivity contribution in [2.75, 3.05) is 0 Å². The zero-order valence-corrected chi connectivity index (χ0v) is 10.7. The lowest BCUT2D eigenvalue weighted by atomic mass is 9.77. The first-order chi connectivity index (χ1) is 7.75. The van der Waals surface area contributed by atoms with Gasteiger partial charge in [0.05, 0.1) is 4.47 Å². The highest BCUT2D eigenvalue weighted by molar-refractivity contribution is 9.10. The minimum atomic E-state index is 0.307. The zero-order valence-electron chi connectivity index (χ0n) is 8.32. The van der Waals surface area contributed by atoms with Crippen LogP contribution in [0.15, 0.2) is 34.9 Å². The van der Waals surface area contributed by atoms with Gasteiger partial charge < -0.3 is 0 Å². The van der Waals surface area contributed by atoms with Crippen LogP contribution in [0.2, 0.25) is 5.15 Å². The predicted molar refractivity (Wildman–Crippen MR) is 66.7 cm³/mol. The fourth-order valence-corrected chi connectivity index (χ4v) is 2.34. The smallest absolute Gasteiger partial charge is 0.146 e. The summed E-state index contributed by atoms with van der Waals surface area (Å²) in [6.07, 6.45) is 2.72. The van der Waals surface area contributed by atoms with E-state index in [1.54, 1.807) is 6.20 Å². The van der Waals surface area contributed by atoms with Crippen molar-refractivity contribution in [1.82, 2.24) is 9.97 Å². The Kier molecular flexibility index (Phi) is 2.45. The molecule has 0 radical (unpaired) electrons. The summed E-state index contributed by atoms with van der Waals surface area (Å²) < 4.78 is 0.741. The Bertz CT molecular complexity index is 556. The number of rotatable bonds is 1. The van der Waals surface area contributed by atoms with Crippen LogP contribution in [0.25, 0.3) is 0 Å². The minimum absolute atomic E-state index is 0.307.